The highest BCUT2D eigenvalue weighted by Gasteiger charge is 2.13. The number of nitrogens with zero attached hydrogens (tertiary/aromatic N) is 1. The van der Waals surface area contributed by atoms with Crippen molar-refractivity contribution in [3.63, 3.8) is 0 Å². The number of hydrogen-bond donors (Lipinski definition) is 1. The second-order valence-corrected chi connectivity index (χ2v) is 5.24. The predicted octanol–water partition coefficient (Wildman–Crippen LogP) is 3.81. The van der Waals surface area contributed by atoms with E-state index in [1.54, 1.807) is 11.0 Å². The average molecular weight is 337 g/mol. The molecule has 0 saturated heterocycles. The minimum Gasteiger partial charge on any atom is -0.399 e. The third kappa shape index (κ3) is 5.57. The van der Waals surface area contributed by atoms with Crippen LogP contribution in [0.3, 0.4) is 0 Å². The van der Waals surface area contributed by atoms with Crippen molar-refractivity contribution in [1.29, 1.82) is 0 Å². The van der Waals surface area contributed by atoms with Gasteiger partial charge in [-0.2, -0.15) is 0 Å². The van der Waals surface area contributed by atoms with Crippen molar-refractivity contribution >= 4 is 24.0 Å². The maximum atomic E-state index is 13.2. The topological polar surface area (TPSA) is 46.3 Å². The molecule has 0 radical (unpaired) electrons. The van der Waals surface area contributed by atoms with Crippen LogP contribution in [0.2, 0.25) is 0 Å². The van der Waals surface area contributed by atoms with Gasteiger partial charge < -0.3 is 10.6 Å². The summed E-state index contributed by atoms with van der Waals surface area (Å²) in [4.78, 5) is 14.1. The van der Waals surface area contributed by atoms with E-state index in [-0.39, 0.29) is 24.1 Å². The van der Waals surface area contributed by atoms with Crippen molar-refractivity contribution in [2.24, 2.45) is 0 Å². The number of para-hydroxylation sites is 1. The molecule has 2 aromatic rings. The van der Waals surface area contributed by atoms with Crippen LogP contribution in [0, 0.1) is 5.82 Å². The summed E-state index contributed by atoms with van der Waals surface area (Å²) in [5.74, 6) is -0.229. The van der Waals surface area contributed by atoms with Crippen molar-refractivity contribution in [3.8, 4) is 0 Å². The van der Waals surface area contributed by atoms with Crippen LogP contribution >= 0.6 is 12.4 Å². The van der Waals surface area contributed by atoms with E-state index in [4.69, 9.17) is 5.73 Å². The number of benzene rings is 2. The second-order valence-electron chi connectivity index (χ2n) is 5.24. The van der Waals surface area contributed by atoms with Gasteiger partial charge in [-0.3, -0.25) is 4.79 Å². The molecule has 0 atom stereocenters. The fourth-order valence-corrected chi connectivity index (χ4v) is 2.39. The largest absolute Gasteiger partial charge is 0.399 e. The molecule has 2 aromatic carbocycles. The molecule has 0 aliphatic carbocycles. The van der Waals surface area contributed by atoms with Gasteiger partial charge >= 0.3 is 0 Å². The molecule has 1 amide bonds. The fourth-order valence-electron chi connectivity index (χ4n) is 2.39. The molecule has 23 heavy (non-hydrogen) atoms. The van der Waals surface area contributed by atoms with Crippen molar-refractivity contribution < 1.29 is 9.18 Å². The molecule has 0 bridgehead atoms. The van der Waals surface area contributed by atoms with Gasteiger partial charge in [-0.15, -0.1) is 12.4 Å². The molecule has 0 aliphatic heterocycles. The summed E-state index contributed by atoms with van der Waals surface area (Å²) in [6.07, 6.45) is 1.02. The summed E-state index contributed by atoms with van der Waals surface area (Å²) < 4.78 is 13.2. The molecule has 0 fully saturated rings. The number of nitrogen functional groups attached to an aromatic ring is 1. The maximum Gasteiger partial charge on any atom is 0.223 e. The Morgan fingerprint density at radius 2 is 1.91 bits per heavy atom. The predicted molar refractivity (Wildman–Crippen MR) is 93.9 cm³/mol. The molecule has 0 spiro atoms. The van der Waals surface area contributed by atoms with E-state index in [0.717, 1.165) is 11.1 Å². The molecule has 3 nitrogen and oxygen atoms in total. The Kier molecular flexibility index (Phi) is 7.55. The monoisotopic (exact) mass is 336 g/mol. The maximum absolute atomic E-state index is 13.2. The van der Waals surface area contributed by atoms with E-state index in [1.165, 1.54) is 12.1 Å². The van der Waals surface area contributed by atoms with Crippen LogP contribution in [0.15, 0.2) is 48.5 Å². The number of rotatable bonds is 6. The van der Waals surface area contributed by atoms with Crippen LogP contribution in [0.25, 0.3) is 0 Å². The first-order valence-electron chi connectivity index (χ1n) is 7.45. The zero-order valence-corrected chi connectivity index (χ0v) is 14.0. The zero-order chi connectivity index (χ0) is 15.9. The molecule has 0 heterocycles. The number of aryl methyl sites for hydroxylation is 1. The molecule has 0 saturated carbocycles. The van der Waals surface area contributed by atoms with Gasteiger partial charge in [-0.1, -0.05) is 30.3 Å². The van der Waals surface area contributed by atoms with Crippen molar-refractivity contribution in [2.75, 3.05) is 12.3 Å². The molecule has 2 N–H and O–H groups in total. The van der Waals surface area contributed by atoms with Gasteiger partial charge in [0.25, 0.3) is 0 Å². The third-order valence-corrected chi connectivity index (χ3v) is 3.66. The molecular weight excluding hydrogens is 315 g/mol. The first-order chi connectivity index (χ1) is 10.6. The highest BCUT2D eigenvalue weighted by atomic mass is 35.5. The number of carbonyl (C=O) groups excluding carboxylic acids is 1. The van der Waals surface area contributed by atoms with Gasteiger partial charge in [0.05, 0.1) is 0 Å². The molecule has 2 rings (SSSR count). The number of halogens is 2. The zero-order valence-electron chi connectivity index (χ0n) is 13.2. The van der Waals surface area contributed by atoms with E-state index in [9.17, 15) is 9.18 Å². The summed E-state index contributed by atoms with van der Waals surface area (Å²) in [5, 5.41) is 0. The minimum absolute atomic E-state index is 0. The van der Waals surface area contributed by atoms with Gasteiger partial charge in [0.15, 0.2) is 0 Å². The lowest BCUT2D eigenvalue weighted by molar-refractivity contribution is -0.131. The van der Waals surface area contributed by atoms with E-state index in [0.29, 0.717) is 31.6 Å². The first kappa shape index (κ1) is 19.0. The Bertz CT molecular complexity index is 648. The smallest absolute Gasteiger partial charge is 0.223 e. The second kappa shape index (κ2) is 9.16. The summed E-state index contributed by atoms with van der Waals surface area (Å²) >= 11 is 0. The number of amides is 1. The number of carbonyl (C=O) groups is 1. The van der Waals surface area contributed by atoms with Gasteiger partial charge in [-0.05, 0) is 42.7 Å². The van der Waals surface area contributed by atoms with Crippen LogP contribution in [-0.2, 0) is 17.8 Å². The summed E-state index contributed by atoms with van der Waals surface area (Å²) in [6.45, 7) is 2.95. The normalized spacial score (nSPS) is 10.0. The number of hydrogen-bond acceptors (Lipinski definition) is 2. The van der Waals surface area contributed by atoms with Crippen LogP contribution in [0.5, 0.6) is 0 Å². The van der Waals surface area contributed by atoms with E-state index >= 15 is 0 Å². The third-order valence-electron chi connectivity index (χ3n) is 3.66. The fraction of sp³-hybridized carbons (Fsp3) is 0.278. The van der Waals surface area contributed by atoms with Gasteiger partial charge in [0, 0.05) is 25.2 Å². The van der Waals surface area contributed by atoms with Crippen LogP contribution in [0.1, 0.15) is 24.5 Å². The van der Waals surface area contributed by atoms with E-state index in [1.807, 2.05) is 37.3 Å². The Hall–Kier alpha value is -2.07. The van der Waals surface area contributed by atoms with E-state index in [2.05, 4.69) is 0 Å². The van der Waals surface area contributed by atoms with Crippen LogP contribution < -0.4 is 5.73 Å². The van der Waals surface area contributed by atoms with Crippen molar-refractivity contribution in [2.45, 2.75) is 26.3 Å². The molecule has 124 valence electrons. The van der Waals surface area contributed by atoms with Gasteiger partial charge in [0.2, 0.25) is 5.91 Å². The van der Waals surface area contributed by atoms with Crippen molar-refractivity contribution in [1.82, 2.24) is 4.90 Å². The van der Waals surface area contributed by atoms with Crippen LogP contribution in [-0.4, -0.2) is 17.4 Å². The number of anilines is 1. The molecule has 0 aliphatic rings. The molecular formula is C18H22ClFN2O. The van der Waals surface area contributed by atoms with Crippen molar-refractivity contribution in [3.05, 3.63) is 65.5 Å². The lowest BCUT2D eigenvalue weighted by Gasteiger charge is -2.21. The lowest BCUT2D eigenvalue weighted by Crippen LogP contribution is -2.30. The quantitative estimate of drug-likeness (QED) is 0.815. The Balaban J connectivity index is 0.00000264. The lowest BCUT2D eigenvalue weighted by atomic mass is 10.1. The first-order valence-corrected chi connectivity index (χ1v) is 7.45. The van der Waals surface area contributed by atoms with Gasteiger partial charge in [0.1, 0.15) is 5.82 Å². The summed E-state index contributed by atoms with van der Waals surface area (Å²) in [5.41, 5.74) is 8.38. The Morgan fingerprint density at radius 3 is 2.57 bits per heavy atom. The Labute approximate surface area is 142 Å². The SMILES string of the molecule is CCN(Cc1cccc(F)c1)C(=O)CCc1ccccc1N.Cl. The van der Waals surface area contributed by atoms with E-state index < -0.39 is 0 Å². The standard InChI is InChI=1S/C18H21FN2O.ClH/c1-2-21(13-14-6-5-8-16(19)12-14)18(22)11-10-15-7-3-4-9-17(15)20;/h3-9,12H,2,10-11,13,20H2,1H3;1H. The summed E-state index contributed by atoms with van der Waals surface area (Å²) in [6, 6.07) is 13.9. The Morgan fingerprint density at radius 1 is 1.17 bits per heavy atom. The van der Waals surface area contributed by atoms with Gasteiger partial charge in [-0.25, -0.2) is 4.39 Å². The molecule has 5 heteroatoms. The molecule has 0 aromatic heterocycles. The summed E-state index contributed by atoms with van der Waals surface area (Å²) in [7, 11) is 0. The minimum atomic E-state index is -0.280. The average Bonchev–Trinajstić information content (AvgIpc) is 2.51. The highest BCUT2D eigenvalue weighted by molar-refractivity contribution is 5.85. The number of nitrogens with two attached hydrogens (primary N) is 1. The highest BCUT2D eigenvalue weighted by Crippen LogP contribution is 2.14. The molecule has 0 unspecified atom stereocenters. The van der Waals surface area contributed by atoms with Crippen LogP contribution in [0.4, 0.5) is 10.1 Å².